The lowest BCUT2D eigenvalue weighted by atomic mass is 10.2. The highest BCUT2D eigenvalue weighted by atomic mass is 19.1. The van der Waals surface area contributed by atoms with Crippen LogP contribution in [0.5, 0.6) is 0 Å². The highest BCUT2D eigenvalue weighted by molar-refractivity contribution is 5.97. The van der Waals surface area contributed by atoms with Crippen LogP contribution in [0.3, 0.4) is 0 Å². The van der Waals surface area contributed by atoms with Crippen molar-refractivity contribution in [3.05, 3.63) is 66.4 Å². The van der Waals surface area contributed by atoms with Crippen molar-refractivity contribution in [2.24, 2.45) is 0 Å². The van der Waals surface area contributed by atoms with E-state index in [1.165, 1.54) is 25.4 Å². The molecule has 2 heterocycles. The number of carbonyl (C=O) groups excluding carboxylic acids is 2. The fourth-order valence-electron chi connectivity index (χ4n) is 2.47. The number of nitrogens with zero attached hydrogens (tertiary/aromatic N) is 3. The molecule has 0 aliphatic carbocycles. The van der Waals surface area contributed by atoms with E-state index < -0.39 is 5.97 Å². The molecule has 2 aromatic heterocycles. The molecule has 0 saturated carbocycles. The molecular weight excluding hydrogens is 339 g/mol. The molecule has 0 aliphatic rings. The predicted molar refractivity (Wildman–Crippen MR) is 91.8 cm³/mol. The minimum atomic E-state index is -0.405. The number of hydrogen-bond donors (Lipinski definition) is 1. The monoisotopic (exact) mass is 356 g/mol. The van der Waals surface area contributed by atoms with E-state index in [9.17, 15) is 14.0 Å². The highest BCUT2D eigenvalue weighted by Crippen LogP contribution is 2.20. The second-order valence-corrected chi connectivity index (χ2v) is 5.44. The topological polar surface area (TPSA) is 78.2 Å². The molecule has 1 amide bonds. The average Bonchev–Trinajstić information content (AvgIpc) is 3.31. The van der Waals surface area contributed by atoms with Crippen molar-refractivity contribution in [2.45, 2.75) is 6.42 Å². The van der Waals surface area contributed by atoms with Crippen LogP contribution in [0.4, 0.5) is 4.39 Å². The van der Waals surface area contributed by atoms with Crippen LogP contribution in [-0.2, 0) is 9.53 Å². The summed E-state index contributed by atoms with van der Waals surface area (Å²) in [5.41, 5.74) is 0.944. The van der Waals surface area contributed by atoms with Gasteiger partial charge in [0, 0.05) is 18.9 Å². The number of esters is 1. The summed E-state index contributed by atoms with van der Waals surface area (Å²) in [4.78, 5) is 23.7. The number of hydrogen-bond acceptors (Lipinski definition) is 4. The molecule has 0 aliphatic heterocycles. The largest absolute Gasteiger partial charge is 0.469 e. The van der Waals surface area contributed by atoms with Crippen molar-refractivity contribution in [1.82, 2.24) is 19.7 Å². The van der Waals surface area contributed by atoms with Gasteiger partial charge in [-0.3, -0.25) is 9.59 Å². The fraction of sp³-hybridized carbons (Fsp3) is 0.167. The predicted octanol–water partition coefficient (Wildman–Crippen LogP) is 2.09. The zero-order valence-electron chi connectivity index (χ0n) is 14.1. The molecule has 0 saturated heterocycles. The van der Waals surface area contributed by atoms with Crippen LogP contribution < -0.4 is 5.32 Å². The Labute approximate surface area is 149 Å². The van der Waals surface area contributed by atoms with Crippen LogP contribution in [0, 0.1) is 5.82 Å². The van der Waals surface area contributed by atoms with Crippen LogP contribution in [0.2, 0.25) is 0 Å². The van der Waals surface area contributed by atoms with Crippen LogP contribution in [0.25, 0.3) is 11.5 Å². The Hall–Kier alpha value is -3.42. The molecule has 7 nitrogen and oxygen atoms in total. The molecule has 3 rings (SSSR count). The van der Waals surface area contributed by atoms with Gasteiger partial charge in [0.05, 0.1) is 25.4 Å². The summed E-state index contributed by atoms with van der Waals surface area (Å²) >= 11 is 0. The maximum absolute atomic E-state index is 13.2. The van der Waals surface area contributed by atoms with Gasteiger partial charge in [-0.15, -0.1) is 0 Å². The number of rotatable bonds is 6. The number of carbonyl (C=O) groups is 2. The van der Waals surface area contributed by atoms with Crippen molar-refractivity contribution in [3.8, 4) is 11.5 Å². The Kier molecular flexibility index (Phi) is 5.12. The van der Waals surface area contributed by atoms with Crippen LogP contribution in [-0.4, -0.2) is 39.9 Å². The summed E-state index contributed by atoms with van der Waals surface area (Å²) in [6.45, 7) is 0.151. The summed E-state index contributed by atoms with van der Waals surface area (Å²) in [6.07, 6.45) is 5.07. The van der Waals surface area contributed by atoms with Crippen molar-refractivity contribution >= 4 is 11.9 Å². The second kappa shape index (κ2) is 7.64. The lowest BCUT2D eigenvalue weighted by Crippen LogP contribution is -2.27. The van der Waals surface area contributed by atoms with Crippen molar-refractivity contribution in [3.63, 3.8) is 0 Å². The van der Waals surface area contributed by atoms with E-state index in [4.69, 9.17) is 0 Å². The molecule has 8 heteroatoms. The lowest BCUT2D eigenvalue weighted by Gasteiger charge is -2.11. The first kappa shape index (κ1) is 17.4. The van der Waals surface area contributed by atoms with Crippen molar-refractivity contribution in [1.29, 1.82) is 0 Å². The zero-order chi connectivity index (χ0) is 18.5. The van der Waals surface area contributed by atoms with Gasteiger partial charge < -0.3 is 14.6 Å². The summed E-state index contributed by atoms with van der Waals surface area (Å²) in [6, 6.07) is 9.45. The first-order valence-corrected chi connectivity index (χ1v) is 7.92. The Balaban J connectivity index is 1.92. The number of ether oxygens (including phenoxy) is 1. The smallest absolute Gasteiger partial charge is 0.307 e. The number of nitrogens with one attached hydrogen (secondary N) is 1. The Bertz CT molecular complexity index is 901. The SMILES string of the molecule is COC(=O)CCNC(=O)c1cnn(-c2ccc(F)cc2)c1-n1cccc1. The van der Waals surface area contributed by atoms with E-state index in [2.05, 4.69) is 15.2 Å². The molecule has 26 heavy (non-hydrogen) atoms. The third-order valence-corrected chi connectivity index (χ3v) is 3.75. The molecule has 3 aromatic rings. The van der Waals surface area contributed by atoms with E-state index in [0.717, 1.165) is 0 Å². The van der Waals surface area contributed by atoms with E-state index in [1.54, 1.807) is 33.8 Å². The summed E-state index contributed by atoms with van der Waals surface area (Å²) < 4.78 is 21.0. The van der Waals surface area contributed by atoms with E-state index in [0.29, 0.717) is 17.1 Å². The molecule has 1 aromatic carbocycles. The highest BCUT2D eigenvalue weighted by Gasteiger charge is 2.20. The molecule has 0 bridgehead atoms. The summed E-state index contributed by atoms with van der Waals surface area (Å²) in [5.74, 6) is -0.620. The normalized spacial score (nSPS) is 10.5. The molecule has 0 atom stereocenters. The van der Waals surface area contributed by atoms with Gasteiger partial charge >= 0.3 is 5.97 Å². The van der Waals surface area contributed by atoms with Gasteiger partial charge in [0.25, 0.3) is 5.91 Å². The molecule has 0 unspecified atom stereocenters. The van der Waals surface area contributed by atoms with Crippen LogP contribution >= 0.6 is 0 Å². The van der Waals surface area contributed by atoms with E-state index in [-0.39, 0.29) is 24.7 Å². The van der Waals surface area contributed by atoms with Crippen LogP contribution in [0.1, 0.15) is 16.8 Å². The minimum Gasteiger partial charge on any atom is -0.469 e. The van der Waals surface area contributed by atoms with Crippen molar-refractivity contribution in [2.75, 3.05) is 13.7 Å². The van der Waals surface area contributed by atoms with Gasteiger partial charge in [-0.25, -0.2) is 9.07 Å². The zero-order valence-corrected chi connectivity index (χ0v) is 14.1. The number of methoxy groups -OCH3 is 1. The van der Waals surface area contributed by atoms with Gasteiger partial charge in [0.2, 0.25) is 0 Å². The standard InChI is InChI=1S/C18H17FN4O3/c1-26-16(24)8-9-20-17(25)15-12-21-23(14-6-4-13(19)5-7-14)18(15)22-10-2-3-11-22/h2-7,10-12H,8-9H2,1H3,(H,20,25). The van der Waals surface area contributed by atoms with Crippen LogP contribution in [0.15, 0.2) is 55.0 Å². The number of amides is 1. The molecule has 1 N–H and O–H groups in total. The van der Waals surface area contributed by atoms with Crippen molar-refractivity contribution < 1.29 is 18.7 Å². The van der Waals surface area contributed by atoms with Gasteiger partial charge in [0.1, 0.15) is 11.4 Å². The Morgan fingerprint density at radius 3 is 2.54 bits per heavy atom. The first-order valence-electron chi connectivity index (χ1n) is 7.92. The number of halogens is 1. The Morgan fingerprint density at radius 1 is 1.19 bits per heavy atom. The number of benzene rings is 1. The third-order valence-electron chi connectivity index (χ3n) is 3.75. The minimum absolute atomic E-state index is 0.0766. The lowest BCUT2D eigenvalue weighted by molar-refractivity contribution is -0.140. The average molecular weight is 356 g/mol. The maximum Gasteiger partial charge on any atom is 0.307 e. The van der Waals surface area contributed by atoms with E-state index >= 15 is 0 Å². The molecule has 0 spiro atoms. The molecule has 134 valence electrons. The van der Waals surface area contributed by atoms with Gasteiger partial charge in [-0.05, 0) is 36.4 Å². The summed E-state index contributed by atoms with van der Waals surface area (Å²) in [7, 11) is 1.29. The quantitative estimate of drug-likeness (QED) is 0.686. The van der Waals surface area contributed by atoms with Gasteiger partial charge in [0.15, 0.2) is 5.82 Å². The maximum atomic E-state index is 13.2. The van der Waals surface area contributed by atoms with Gasteiger partial charge in [-0.2, -0.15) is 5.10 Å². The fourth-order valence-corrected chi connectivity index (χ4v) is 2.47. The summed E-state index contributed by atoms with van der Waals surface area (Å²) in [5, 5.41) is 6.95. The molecule has 0 fully saturated rings. The second-order valence-electron chi connectivity index (χ2n) is 5.44. The Morgan fingerprint density at radius 2 is 1.88 bits per heavy atom. The first-order chi connectivity index (χ1) is 12.6. The van der Waals surface area contributed by atoms with E-state index in [1.807, 2.05) is 12.1 Å². The molecular formula is C18H17FN4O3. The van der Waals surface area contributed by atoms with Gasteiger partial charge in [-0.1, -0.05) is 0 Å². The third kappa shape index (κ3) is 3.64. The molecule has 0 radical (unpaired) electrons. The number of aromatic nitrogens is 3.